The number of nitrogens with one attached hydrogen (secondary N) is 1. The van der Waals surface area contributed by atoms with Gasteiger partial charge in [-0.15, -0.1) is 11.3 Å². The number of aryl methyl sites for hydroxylation is 1. The van der Waals surface area contributed by atoms with E-state index in [1.807, 2.05) is 0 Å². The average molecular weight is 278 g/mol. The Morgan fingerprint density at radius 1 is 1.53 bits per heavy atom. The number of amidine groups is 1. The molecule has 3 N–H and O–H groups in total. The summed E-state index contributed by atoms with van der Waals surface area (Å²) in [6.45, 7) is 11.2. The molecule has 0 aromatic carbocycles. The number of rotatable bonds is 4. The van der Waals surface area contributed by atoms with E-state index in [4.69, 9.17) is 10.7 Å². The van der Waals surface area contributed by atoms with Crippen molar-refractivity contribution in [1.82, 2.24) is 10.2 Å². The molecule has 1 aliphatic rings. The lowest BCUT2D eigenvalue weighted by molar-refractivity contribution is 0.357. The van der Waals surface area contributed by atoms with E-state index in [0.717, 1.165) is 37.6 Å². The molecular weight excluding hydrogens is 256 g/mol. The van der Waals surface area contributed by atoms with Crippen molar-refractivity contribution < 1.29 is 0 Å². The van der Waals surface area contributed by atoms with E-state index in [9.17, 15) is 0 Å². The zero-order valence-corrected chi connectivity index (χ0v) is 12.3. The lowest BCUT2D eigenvalue weighted by atomic mass is 10.2. The highest BCUT2D eigenvalue weighted by molar-refractivity contribution is 7.10. The fourth-order valence-corrected chi connectivity index (χ4v) is 2.74. The predicted molar refractivity (Wildman–Crippen MR) is 83.1 cm³/mol. The summed E-state index contributed by atoms with van der Waals surface area (Å²) in [5.74, 6) is 1.08. The van der Waals surface area contributed by atoms with Crippen LogP contribution in [0.1, 0.15) is 10.4 Å². The van der Waals surface area contributed by atoms with E-state index in [0.29, 0.717) is 13.1 Å². The third-order valence-corrected chi connectivity index (χ3v) is 4.01. The van der Waals surface area contributed by atoms with E-state index in [-0.39, 0.29) is 0 Å². The summed E-state index contributed by atoms with van der Waals surface area (Å²) in [6, 6.07) is 2.21. The maximum absolute atomic E-state index is 5.59. The van der Waals surface area contributed by atoms with Gasteiger partial charge in [0.2, 0.25) is 0 Å². The number of nitrogens with zero attached hydrogens (tertiary/aromatic N) is 2. The van der Waals surface area contributed by atoms with Gasteiger partial charge < -0.3 is 16.0 Å². The molecule has 0 spiro atoms. The topological polar surface area (TPSA) is 53.6 Å². The van der Waals surface area contributed by atoms with Crippen LogP contribution >= 0.6 is 11.3 Å². The summed E-state index contributed by atoms with van der Waals surface area (Å²) in [5.41, 5.74) is 7.78. The van der Waals surface area contributed by atoms with Crippen molar-refractivity contribution in [2.75, 3.05) is 39.3 Å². The SMILES string of the molecule is C=C(CN)CN=C(c1csc(C)c1)N1CCNCC1. The molecule has 0 unspecified atom stereocenters. The van der Waals surface area contributed by atoms with Gasteiger partial charge in [-0.05, 0) is 18.6 Å². The van der Waals surface area contributed by atoms with Crippen molar-refractivity contribution in [1.29, 1.82) is 0 Å². The smallest absolute Gasteiger partial charge is 0.132 e. The summed E-state index contributed by atoms with van der Waals surface area (Å²) in [4.78, 5) is 8.41. The van der Waals surface area contributed by atoms with Gasteiger partial charge in [0.1, 0.15) is 5.84 Å². The van der Waals surface area contributed by atoms with E-state index in [1.165, 1.54) is 10.4 Å². The molecule has 0 amide bonds. The van der Waals surface area contributed by atoms with Crippen LogP contribution in [-0.2, 0) is 0 Å². The number of nitrogens with two attached hydrogens (primary N) is 1. The minimum absolute atomic E-state index is 0.501. The molecule has 1 aromatic rings. The second-order valence-corrected chi connectivity index (χ2v) is 5.89. The Hall–Kier alpha value is -1.17. The van der Waals surface area contributed by atoms with Crippen molar-refractivity contribution in [3.63, 3.8) is 0 Å². The van der Waals surface area contributed by atoms with Gasteiger partial charge in [0.15, 0.2) is 0 Å². The van der Waals surface area contributed by atoms with Gasteiger partial charge >= 0.3 is 0 Å². The van der Waals surface area contributed by atoms with Crippen LogP contribution in [0.4, 0.5) is 0 Å². The van der Waals surface area contributed by atoms with Gasteiger partial charge in [0.25, 0.3) is 0 Å². The van der Waals surface area contributed by atoms with Gasteiger partial charge in [-0.25, -0.2) is 0 Å². The fourth-order valence-electron chi connectivity index (χ4n) is 2.06. The molecule has 2 rings (SSSR count). The van der Waals surface area contributed by atoms with Crippen LogP contribution in [0.3, 0.4) is 0 Å². The van der Waals surface area contributed by atoms with Crippen LogP contribution < -0.4 is 11.1 Å². The van der Waals surface area contributed by atoms with Gasteiger partial charge in [-0.2, -0.15) is 0 Å². The Morgan fingerprint density at radius 2 is 2.26 bits per heavy atom. The molecule has 0 saturated carbocycles. The van der Waals surface area contributed by atoms with Crippen LogP contribution in [0.25, 0.3) is 0 Å². The molecule has 5 heteroatoms. The van der Waals surface area contributed by atoms with Crippen LogP contribution in [-0.4, -0.2) is 50.0 Å². The molecule has 0 atom stereocenters. The maximum atomic E-state index is 5.59. The molecule has 1 fully saturated rings. The summed E-state index contributed by atoms with van der Waals surface area (Å²) in [6.07, 6.45) is 0. The lowest BCUT2D eigenvalue weighted by Crippen LogP contribution is -2.46. The first-order chi connectivity index (χ1) is 9.20. The molecule has 0 bridgehead atoms. The van der Waals surface area contributed by atoms with Gasteiger partial charge in [0, 0.05) is 48.5 Å². The first-order valence-electron chi connectivity index (χ1n) is 6.63. The zero-order valence-electron chi connectivity index (χ0n) is 11.5. The maximum Gasteiger partial charge on any atom is 0.132 e. The highest BCUT2D eigenvalue weighted by atomic mass is 32.1. The molecular formula is C14H22N4S. The van der Waals surface area contributed by atoms with Crippen molar-refractivity contribution in [2.24, 2.45) is 10.7 Å². The van der Waals surface area contributed by atoms with Gasteiger partial charge in [-0.3, -0.25) is 4.99 Å². The molecule has 1 aliphatic heterocycles. The highest BCUT2D eigenvalue weighted by Crippen LogP contribution is 2.16. The van der Waals surface area contributed by atoms with Crippen LogP contribution in [0.15, 0.2) is 28.6 Å². The van der Waals surface area contributed by atoms with Crippen molar-refractivity contribution in [3.8, 4) is 0 Å². The molecule has 2 heterocycles. The molecule has 1 saturated heterocycles. The largest absolute Gasteiger partial charge is 0.354 e. The standard InChI is InChI=1S/C14H22N4S/c1-11(8-15)9-17-14(13-7-12(2)19-10-13)18-5-3-16-4-6-18/h7,10,16H,1,3-6,8-9,15H2,2H3. The molecule has 1 aromatic heterocycles. The lowest BCUT2D eigenvalue weighted by Gasteiger charge is -2.30. The second-order valence-electron chi connectivity index (χ2n) is 4.78. The fraction of sp³-hybridized carbons (Fsp3) is 0.500. The van der Waals surface area contributed by atoms with E-state index < -0.39 is 0 Å². The number of hydrogen-bond donors (Lipinski definition) is 2. The minimum atomic E-state index is 0.501. The first-order valence-corrected chi connectivity index (χ1v) is 7.51. The monoisotopic (exact) mass is 278 g/mol. The van der Waals surface area contributed by atoms with Crippen molar-refractivity contribution in [2.45, 2.75) is 6.92 Å². The summed E-state index contributed by atoms with van der Waals surface area (Å²) >= 11 is 1.77. The Kier molecular flexibility index (Phi) is 5.13. The molecule has 0 radical (unpaired) electrons. The molecule has 0 aliphatic carbocycles. The van der Waals surface area contributed by atoms with Gasteiger partial charge in [0.05, 0.1) is 6.54 Å². The van der Waals surface area contributed by atoms with E-state index in [2.05, 4.69) is 35.2 Å². The van der Waals surface area contributed by atoms with Crippen molar-refractivity contribution >= 4 is 17.2 Å². The number of hydrogen-bond acceptors (Lipinski definition) is 4. The molecule has 4 nitrogen and oxygen atoms in total. The predicted octanol–water partition coefficient (Wildman–Crippen LogP) is 1.22. The number of piperazine rings is 1. The van der Waals surface area contributed by atoms with Gasteiger partial charge in [-0.1, -0.05) is 6.58 Å². The highest BCUT2D eigenvalue weighted by Gasteiger charge is 2.17. The summed E-state index contributed by atoms with van der Waals surface area (Å²) < 4.78 is 0. The van der Waals surface area contributed by atoms with E-state index >= 15 is 0 Å². The summed E-state index contributed by atoms with van der Waals surface area (Å²) in [5, 5.41) is 5.55. The summed E-state index contributed by atoms with van der Waals surface area (Å²) in [7, 11) is 0. The van der Waals surface area contributed by atoms with Crippen LogP contribution in [0, 0.1) is 6.92 Å². The number of aliphatic imine (C=N–C) groups is 1. The second kappa shape index (κ2) is 6.84. The Labute approximate surface area is 119 Å². The van der Waals surface area contributed by atoms with Crippen LogP contribution in [0.5, 0.6) is 0 Å². The Balaban J connectivity index is 2.19. The third-order valence-electron chi connectivity index (χ3n) is 3.15. The molecule has 104 valence electrons. The average Bonchev–Trinajstić information content (AvgIpc) is 2.86. The first kappa shape index (κ1) is 14.2. The number of thiophene rings is 1. The quantitative estimate of drug-likeness (QED) is 0.495. The third kappa shape index (κ3) is 3.89. The molecule has 19 heavy (non-hydrogen) atoms. The Bertz CT molecular complexity index is 458. The van der Waals surface area contributed by atoms with Crippen LogP contribution in [0.2, 0.25) is 0 Å². The van der Waals surface area contributed by atoms with Crippen molar-refractivity contribution in [3.05, 3.63) is 34.0 Å². The van der Waals surface area contributed by atoms with E-state index in [1.54, 1.807) is 11.3 Å². The normalized spacial score (nSPS) is 16.7. The minimum Gasteiger partial charge on any atom is -0.354 e. The Morgan fingerprint density at radius 3 is 2.84 bits per heavy atom. The zero-order chi connectivity index (χ0) is 13.7.